The number of halogens is 1. The van der Waals surface area contributed by atoms with Gasteiger partial charge >= 0.3 is 0 Å². The SMILES string of the molecule is Cn1c(C(=O)N2CC(Cn3cc(C(N)=O)cn3)C2)cc2cc(F)ccc21. The molecule has 3 aromatic rings. The average molecular weight is 355 g/mol. The van der Waals surface area contributed by atoms with Crippen molar-refractivity contribution in [3.8, 4) is 0 Å². The second kappa shape index (κ2) is 5.98. The van der Waals surface area contributed by atoms with Crippen LogP contribution in [-0.4, -0.2) is 44.2 Å². The third-order valence-corrected chi connectivity index (χ3v) is 4.83. The van der Waals surface area contributed by atoms with Gasteiger partial charge in [-0.25, -0.2) is 4.39 Å². The van der Waals surface area contributed by atoms with Gasteiger partial charge in [0, 0.05) is 49.7 Å². The van der Waals surface area contributed by atoms with E-state index in [0.29, 0.717) is 36.3 Å². The lowest BCUT2D eigenvalue weighted by atomic mass is 10.00. The maximum absolute atomic E-state index is 13.4. The molecule has 0 aliphatic carbocycles. The van der Waals surface area contributed by atoms with Crippen molar-refractivity contribution in [3.63, 3.8) is 0 Å². The van der Waals surface area contributed by atoms with E-state index in [2.05, 4.69) is 5.10 Å². The van der Waals surface area contributed by atoms with Gasteiger partial charge in [-0.15, -0.1) is 0 Å². The predicted octanol–water partition coefficient (Wildman–Crippen LogP) is 1.39. The third kappa shape index (κ3) is 2.73. The summed E-state index contributed by atoms with van der Waals surface area (Å²) in [5.74, 6) is -0.625. The molecule has 1 aromatic carbocycles. The van der Waals surface area contributed by atoms with Crippen molar-refractivity contribution in [2.45, 2.75) is 6.54 Å². The monoisotopic (exact) mass is 355 g/mol. The highest BCUT2D eigenvalue weighted by molar-refractivity contribution is 5.99. The van der Waals surface area contributed by atoms with E-state index in [1.165, 1.54) is 18.3 Å². The molecule has 1 aliphatic heterocycles. The second-order valence-corrected chi connectivity index (χ2v) is 6.68. The Kier molecular flexibility index (Phi) is 3.75. The van der Waals surface area contributed by atoms with E-state index in [0.717, 1.165) is 5.52 Å². The van der Waals surface area contributed by atoms with Gasteiger partial charge in [-0.1, -0.05) is 0 Å². The number of nitrogens with two attached hydrogens (primary N) is 1. The molecule has 1 fully saturated rings. The smallest absolute Gasteiger partial charge is 0.270 e. The van der Waals surface area contributed by atoms with Crippen molar-refractivity contribution in [1.82, 2.24) is 19.2 Å². The van der Waals surface area contributed by atoms with Crippen LogP contribution in [0.4, 0.5) is 4.39 Å². The van der Waals surface area contributed by atoms with Gasteiger partial charge in [0.25, 0.3) is 11.8 Å². The molecule has 134 valence electrons. The van der Waals surface area contributed by atoms with Gasteiger partial charge < -0.3 is 15.2 Å². The predicted molar refractivity (Wildman–Crippen MR) is 93.0 cm³/mol. The van der Waals surface area contributed by atoms with Gasteiger partial charge in [0.15, 0.2) is 0 Å². The van der Waals surface area contributed by atoms with Crippen LogP contribution in [0.5, 0.6) is 0 Å². The minimum Gasteiger partial charge on any atom is -0.366 e. The highest BCUT2D eigenvalue weighted by atomic mass is 19.1. The summed E-state index contributed by atoms with van der Waals surface area (Å²) in [4.78, 5) is 25.6. The van der Waals surface area contributed by atoms with Gasteiger partial charge in [-0.3, -0.25) is 14.3 Å². The molecule has 1 saturated heterocycles. The highest BCUT2D eigenvalue weighted by Crippen LogP contribution is 2.25. The number of likely N-dealkylation sites (tertiary alicyclic amines) is 1. The first-order valence-electron chi connectivity index (χ1n) is 8.29. The largest absolute Gasteiger partial charge is 0.366 e. The summed E-state index contributed by atoms with van der Waals surface area (Å²) in [6, 6.07) is 6.22. The van der Waals surface area contributed by atoms with Crippen molar-refractivity contribution >= 4 is 22.7 Å². The van der Waals surface area contributed by atoms with E-state index in [9.17, 15) is 14.0 Å². The zero-order chi connectivity index (χ0) is 18.4. The first-order valence-corrected chi connectivity index (χ1v) is 8.29. The molecule has 3 heterocycles. The van der Waals surface area contributed by atoms with E-state index in [1.54, 1.807) is 39.5 Å². The van der Waals surface area contributed by atoms with Crippen molar-refractivity contribution in [3.05, 3.63) is 53.7 Å². The van der Waals surface area contributed by atoms with Crippen LogP contribution < -0.4 is 5.73 Å². The van der Waals surface area contributed by atoms with Crippen LogP contribution in [0.3, 0.4) is 0 Å². The first-order chi connectivity index (χ1) is 12.4. The van der Waals surface area contributed by atoms with E-state index < -0.39 is 5.91 Å². The molecule has 8 heteroatoms. The number of carbonyl (C=O) groups is 2. The quantitative estimate of drug-likeness (QED) is 0.767. The summed E-state index contributed by atoms with van der Waals surface area (Å²) < 4.78 is 16.8. The lowest BCUT2D eigenvalue weighted by molar-refractivity contribution is 0.0452. The van der Waals surface area contributed by atoms with E-state index in [4.69, 9.17) is 5.73 Å². The van der Waals surface area contributed by atoms with E-state index in [1.807, 2.05) is 0 Å². The van der Waals surface area contributed by atoms with Crippen LogP contribution in [0.1, 0.15) is 20.8 Å². The Morgan fingerprint density at radius 1 is 1.31 bits per heavy atom. The Morgan fingerprint density at radius 3 is 2.77 bits per heavy atom. The molecule has 1 aliphatic rings. The number of benzene rings is 1. The summed E-state index contributed by atoms with van der Waals surface area (Å²) in [5, 5.41) is 4.82. The zero-order valence-corrected chi connectivity index (χ0v) is 14.2. The summed E-state index contributed by atoms with van der Waals surface area (Å²) in [6.07, 6.45) is 3.06. The number of aromatic nitrogens is 3. The number of rotatable bonds is 4. The zero-order valence-electron chi connectivity index (χ0n) is 14.2. The van der Waals surface area contributed by atoms with Crippen molar-refractivity contribution < 1.29 is 14.0 Å². The molecule has 0 unspecified atom stereocenters. The number of nitrogens with zero attached hydrogens (tertiary/aromatic N) is 4. The minimum atomic E-state index is -0.506. The number of carbonyl (C=O) groups excluding carboxylic acids is 2. The van der Waals surface area contributed by atoms with Crippen LogP contribution in [0.15, 0.2) is 36.7 Å². The second-order valence-electron chi connectivity index (χ2n) is 6.68. The molecule has 26 heavy (non-hydrogen) atoms. The van der Waals surface area contributed by atoms with E-state index in [-0.39, 0.29) is 17.6 Å². The normalized spacial score (nSPS) is 14.6. The van der Waals surface area contributed by atoms with Gasteiger partial charge in [-0.2, -0.15) is 5.10 Å². The summed E-state index contributed by atoms with van der Waals surface area (Å²) in [5.41, 5.74) is 6.95. The lowest BCUT2D eigenvalue weighted by Crippen LogP contribution is -2.51. The third-order valence-electron chi connectivity index (χ3n) is 4.83. The number of hydrogen-bond acceptors (Lipinski definition) is 3. The summed E-state index contributed by atoms with van der Waals surface area (Å²) in [7, 11) is 1.81. The fourth-order valence-corrected chi connectivity index (χ4v) is 3.39. The minimum absolute atomic E-state index is 0.0707. The summed E-state index contributed by atoms with van der Waals surface area (Å²) in [6.45, 7) is 1.85. The Labute approximate surface area is 148 Å². The molecule has 2 amide bonds. The Hall–Kier alpha value is -3.16. The van der Waals surface area contributed by atoms with Gasteiger partial charge in [0.2, 0.25) is 0 Å². The van der Waals surface area contributed by atoms with Crippen LogP contribution in [0, 0.1) is 11.7 Å². The summed E-state index contributed by atoms with van der Waals surface area (Å²) >= 11 is 0. The Balaban J connectivity index is 1.43. The van der Waals surface area contributed by atoms with Crippen molar-refractivity contribution in [2.24, 2.45) is 18.7 Å². The van der Waals surface area contributed by atoms with Crippen LogP contribution in [0.2, 0.25) is 0 Å². The van der Waals surface area contributed by atoms with Crippen LogP contribution in [-0.2, 0) is 13.6 Å². The number of hydrogen-bond donors (Lipinski definition) is 1. The van der Waals surface area contributed by atoms with Gasteiger partial charge in [0.1, 0.15) is 11.5 Å². The maximum atomic E-state index is 13.4. The Bertz CT molecular complexity index is 1020. The molecule has 0 radical (unpaired) electrons. The number of fused-ring (bicyclic) bond motifs is 1. The first kappa shape index (κ1) is 16.3. The standard InChI is InChI=1S/C18H18FN5O2/c1-22-15-3-2-14(19)4-12(15)5-16(22)18(26)23-7-11(8-23)9-24-10-13(6-21-24)17(20)25/h2-6,10-11H,7-9H2,1H3,(H2,20,25). The lowest BCUT2D eigenvalue weighted by Gasteiger charge is -2.39. The topological polar surface area (TPSA) is 86.1 Å². The van der Waals surface area contributed by atoms with Gasteiger partial charge in [0.05, 0.1) is 11.8 Å². The fourth-order valence-electron chi connectivity index (χ4n) is 3.39. The molecule has 0 bridgehead atoms. The number of amides is 2. The molecule has 0 spiro atoms. The van der Waals surface area contributed by atoms with Gasteiger partial charge in [-0.05, 0) is 24.3 Å². The molecule has 4 rings (SSSR count). The molecular formula is C18H18FN5O2. The molecule has 0 saturated carbocycles. The van der Waals surface area contributed by atoms with Crippen LogP contribution >= 0.6 is 0 Å². The molecule has 0 atom stereocenters. The molecular weight excluding hydrogens is 337 g/mol. The molecule has 2 aromatic heterocycles. The highest BCUT2D eigenvalue weighted by Gasteiger charge is 2.33. The van der Waals surface area contributed by atoms with Crippen molar-refractivity contribution in [1.29, 1.82) is 0 Å². The van der Waals surface area contributed by atoms with E-state index >= 15 is 0 Å². The van der Waals surface area contributed by atoms with Crippen LogP contribution in [0.25, 0.3) is 10.9 Å². The molecule has 2 N–H and O–H groups in total. The average Bonchev–Trinajstić information content (AvgIpc) is 3.15. The Morgan fingerprint density at radius 2 is 2.08 bits per heavy atom. The fraction of sp³-hybridized carbons (Fsp3) is 0.278. The number of primary amides is 1. The number of aryl methyl sites for hydroxylation is 1. The molecule has 7 nitrogen and oxygen atoms in total. The maximum Gasteiger partial charge on any atom is 0.270 e. The van der Waals surface area contributed by atoms with Crippen molar-refractivity contribution in [2.75, 3.05) is 13.1 Å².